The van der Waals surface area contributed by atoms with Crippen LogP contribution in [0.4, 0.5) is 13.2 Å². The average Bonchev–Trinajstić information content (AvgIpc) is 2.01. The number of rotatable bonds is 1. The van der Waals surface area contributed by atoms with Crippen molar-refractivity contribution < 1.29 is 23.1 Å². The molecule has 4 nitrogen and oxygen atoms in total. The first-order valence-corrected chi connectivity index (χ1v) is 3.94. The number of nitrogens with zero attached hydrogens (tertiary/aromatic N) is 2. The molecule has 0 saturated carbocycles. The van der Waals surface area contributed by atoms with Crippen LogP contribution in [-0.4, -0.2) is 21.0 Å². The van der Waals surface area contributed by atoms with E-state index in [1.165, 1.54) is 0 Å². The van der Waals surface area contributed by atoms with Gasteiger partial charge in [-0.15, -0.1) is 0 Å². The van der Waals surface area contributed by atoms with Crippen LogP contribution in [-0.2, 0) is 6.18 Å². The molecule has 0 aromatic carbocycles. The van der Waals surface area contributed by atoms with Gasteiger partial charge < -0.3 is 5.11 Å². The molecule has 76 valence electrons. The summed E-state index contributed by atoms with van der Waals surface area (Å²) >= 11 is 2.49. The van der Waals surface area contributed by atoms with Crippen LogP contribution in [0.5, 0.6) is 0 Å². The Balaban J connectivity index is 3.21. The molecular formula is C6H2BrF3N2O2. The Bertz CT molecular complexity index is 380. The first-order valence-electron chi connectivity index (χ1n) is 3.15. The van der Waals surface area contributed by atoms with Crippen molar-refractivity contribution in [1.29, 1.82) is 0 Å². The van der Waals surface area contributed by atoms with Crippen LogP contribution in [0.15, 0.2) is 10.8 Å². The number of halogens is 4. The third-order valence-electron chi connectivity index (χ3n) is 1.22. The number of carboxylic acid groups (broad SMARTS) is 1. The first-order chi connectivity index (χ1) is 6.32. The van der Waals surface area contributed by atoms with Crippen molar-refractivity contribution in [3.05, 3.63) is 22.2 Å². The Morgan fingerprint density at radius 3 is 2.43 bits per heavy atom. The van der Waals surface area contributed by atoms with Crippen LogP contribution in [0, 0.1) is 0 Å². The minimum Gasteiger partial charge on any atom is -0.476 e. The Morgan fingerprint density at radius 2 is 2.07 bits per heavy atom. The molecule has 0 atom stereocenters. The van der Waals surface area contributed by atoms with E-state index in [0.29, 0.717) is 6.20 Å². The van der Waals surface area contributed by atoms with Gasteiger partial charge in [-0.2, -0.15) is 13.2 Å². The number of carboxylic acids is 1. The molecule has 1 heterocycles. The van der Waals surface area contributed by atoms with Crippen LogP contribution in [0.3, 0.4) is 0 Å². The fourth-order valence-corrected chi connectivity index (χ4v) is 1.18. The number of alkyl halides is 3. The standard InChI is InChI=1S/C6H2BrF3N2O2/c7-4-3(6(8,9)10)11-1-2(12-4)5(13)14/h1H,(H,13,14). The van der Waals surface area contributed by atoms with Gasteiger partial charge in [-0.3, -0.25) is 0 Å². The van der Waals surface area contributed by atoms with E-state index in [1.54, 1.807) is 0 Å². The van der Waals surface area contributed by atoms with Crippen molar-refractivity contribution in [2.45, 2.75) is 6.18 Å². The summed E-state index contributed by atoms with van der Waals surface area (Å²) < 4.78 is 35.7. The zero-order valence-corrected chi connectivity index (χ0v) is 7.93. The van der Waals surface area contributed by atoms with E-state index in [9.17, 15) is 18.0 Å². The van der Waals surface area contributed by atoms with Crippen molar-refractivity contribution in [2.75, 3.05) is 0 Å². The first kappa shape index (κ1) is 10.9. The van der Waals surface area contributed by atoms with Gasteiger partial charge in [0, 0.05) is 0 Å². The maximum absolute atomic E-state index is 12.1. The Morgan fingerprint density at radius 1 is 1.50 bits per heavy atom. The van der Waals surface area contributed by atoms with Crippen molar-refractivity contribution in [1.82, 2.24) is 9.97 Å². The number of hydrogen-bond acceptors (Lipinski definition) is 3. The molecule has 0 aliphatic carbocycles. The van der Waals surface area contributed by atoms with Crippen LogP contribution < -0.4 is 0 Å². The van der Waals surface area contributed by atoms with E-state index in [-0.39, 0.29) is 0 Å². The zero-order valence-electron chi connectivity index (χ0n) is 6.34. The van der Waals surface area contributed by atoms with Crippen molar-refractivity contribution in [3.63, 3.8) is 0 Å². The number of aromatic nitrogens is 2. The van der Waals surface area contributed by atoms with Gasteiger partial charge >= 0.3 is 12.1 Å². The summed E-state index contributed by atoms with van der Waals surface area (Å²) in [5.41, 5.74) is -1.80. The van der Waals surface area contributed by atoms with E-state index >= 15 is 0 Å². The highest BCUT2D eigenvalue weighted by Gasteiger charge is 2.36. The second-order valence-electron chi connectivity index (χ2n) is 2.20. The highest BCUT2D eigenvalue weighted by molar-refractivity contribution is 9.10. The molecule has 1 rings (SSSR count). The maximum Gasteiger partial charge on any atom is 0.436 e. The summed E-state index contributed by atoms with van der Waals surface area (Å²) in [6.07, 6.45) is -4.10. The second-order valence-corrected chi connectivity index (χ2v) is 2.95. The van der Waals surface area contributed by atoms with E-state index in [1.807, 2.05) is 0 Å². The summed E-state index contributed by atoms with van der Waals surface area (Å²) in [7, 11) is 0. The molecular weight excluding hydrogens is 269 g/mol. The van der Waals surface area contributed by atoms with E-state index in [2.05, 4.69) is 25.9 Å². The summed E-state index contributed by atoms with van der Waals surface area (Å²) in [6, 6.07) is 0. The van der Waals surface area contributed by atoms with Gasteiger partial charge in [0.2, 0.25) is 0 Å². The van der Waals surface area contributed by atoms with Crippen molar-refractivity contribution >= 4 is 21.9 Å². The Hall–Kier alpha value is -1.18. The molecule has 1 aromatic rings. The lowest BCUT2D eigenvalue weighted by atomic mass is 10.4. The van der Waals surface area contributed by atoms with Crippen LogP contribution in [0.2, 0.25) is 0 Å². The molecule has 0 bridgehead atoms. The quantitative estimate of drug-likeness (QED) is 0.847. The van der Waals surface area contributed by atoms with Crippen LogP contribution in [0.25, 0.3) is 0 Å². The monoisotopic (exact) mass is 270 g/mol. The molecule has 1 N–H and O–H groups in total. The third-order valence-corrected chi connectivity index (χ3v) is 1.77. The number of hydrogen-bond donors (Lipinski definition) is 1. The predicted octanol–water partition coefficient (Wildman–Crippen LogP) is 1.96. The highest BCUT2D eigenvalue weighted by Crippen LogP contribution is 2.31. The molecule has 0 radical (unpaired) electrons. The summed E-state index contributed by atoms with van der Waals surface area (Å²) in [5.74, 6) is -1.44. The Labute approximate surface area is 83.9 Å². The predicted molar refractivity (Wildman–Crippen MR) is 41.7 cm³/mol. The largest absolute Gasteiger partial charge is 0.476 e. The lowest BCUT2D eigenvalue weighted by Gasteiger charge is -2.06. The fraction of sp³-hybridized carbons (Fsp3) is 0.167. The third kappa shape index (κ3) is 2.19. The van der Waals surface area contributed by atoms with Crippen molar-refractivity contribution in [3.8, 4) is 0 Å². The lowest BCUT2D eigenvalue weighted by Crippen LogP contribution is -2.12. The number of carbonyl (C=O) groups is 1. The normalized spacial score (nSPS) is 11.4. The van der Waals surface area contributed by atoms with Gasteiger partial charge in [-0.1, -0.05) is 0 Å². The van der Waals surface area contributed by atoms with Gasteiger partial charge in [0.15, 0.2) is 11.4 Å². The van der Waals surface area contributed by atoms with Gasteiger partial charge in [0.1, 0.15) is 4.60 Å². The van der Waals surface area contributed by atoms with E-state index < -0.39 is 28.1 Å². The molecule has 0 fully saturated rings. The molecule has 0 amide bonds. The molecule has 0 saturated heterocycles. The molecule has 14 heavy (non-hydrogen) atoms. The van der Waals surface area contributed by atoms with Gasteiger partial charge in [0.05, 0.1) is 6.20 Å². The molecule has 8 heteroatoms. The molecule has 0 unspecified atom stereocenters. The summed E-state index contributed by atoms with van der Waals surface area (Å²) in [5, 5.41) is 8.40. The molecule has 0 spiro atoms. The topological polar surface area (TPSA) is 63.1 Å². The molecule has 0 aliphatic rings. The average molecular weight is 271 g/mol. The van der Waals surface area contributed by atoms with Gasteiger partial charge in [0.25, 0.3) is 0 Å². The fourth-order valence-electron chi connectivity index (χ4n) is 0.660. The van der Waals surface area contributed by atoms with Gasteiger partial charge in [-0.05, 0) is 15.9 Å². The highest BCUT2D eigenvalue weighted by atomic mass is 79.9. The van der Waals surface area contributed by atoms with E-state index in [0.717, 1.165) is 0 Å². The summed E-state index contributed by atoms with van der Waals surface area (Å²) in [4.78, 5) is 16.4. The Kier molecular flexibility index (Phi) is 2.74. The SMILES string of the molecule is O=C(O)c1cnc(C(F)(F)F)c(Br)n1. The summed E-state index contributed by atoms with van der Waals surface area (Å²) in [6.45, 7) is 0. The second kappa shape index (κ2) is 3.52. The van der Waals surface area contributed by atoms with Crippen LogP contribution >= 0.6 is 15.9 Å². The van der Waals surface area contributed by atoms with Crippen molar-refractivity contribution in [2.24, 2.45) is 0 Å². The lowest BCUT2D eigenvalue weighted by molar-refractivity contribution is -0.142. The van der Waals surface area contributed by atoms with Gasteiger partial charge in [-0.25, -0.2) is 14.8 Å². The van der Waals surface area contributed by atoms with E-state index in [4.69, 9.17) is 5.11 Å². The van der Waals surface area contributed by atoms with Crippen LogP contribution in [0.1, 0.15) is 16.2 Å². The minimum absolute atomic E-state index is 0.551. The zero-order chi connectivity index (χ0) is 10.9. The molecule has 1 aromatic heterocycles. The maximum atomic E-state index is 12.1. The number of aromatic carboxylic acids is 1. The smallest absolute Gasteiger partial charge is 0.436 e. The molecule has 0 aliphatic heterocycles. The minimum atomic E-state index is -4.65.